The molecule has 0 aliphatic rings. The van der Waals surface area contributed by atoms with Crippen molar-refractivity contribution in [3.05, 3.63) is 193 Å². The number of pyridine rings is 2. The average molecular weight is 819 g/mol. The summed E-state index contributed by atoms with van der Waals surface area (Å²) in [5, 5.41) is 4.62. The molecule has 0 unspecified atom stereocenters. The van der Waals surface area contributed by atoms with Gasteiger partial charge in [0.15, 0.2) is 0 Å². The summed E-state index contributed by atoms with van der Waals surface area (Å²) in [7, 11) is 0. The summed E-state index contributed by atoms with van der Waals surface area (Å²) in [6, 6.07) is 53.9. The first-order valence-corrected chi connectivity index (χ1v) is 21.2. The molecule has 0 saturated carbocycles. The minimum Gasteiger partial charge on any atom is -0.457 e. The predicted octanol–water partition coefficient (Wildman–Crippen LogP) is 13.9. The maximum Gasteiger partial charge on any atom is 0.137 e. The first-order chi connectivity index (χ1) is 30.9. The van der Waals surface area contributed by atoms with E-state index in [0.29, 0.717) is 17.9 Å². The molecule has 0 aliphatic heterocycles. The standard InChI is InChI=1S/C55H42N6O2/c1-5-47-55(38-13-11-15-40(31-38)63-42-21-23-46-44-17-7-9-19-49(44)61(51(46)33-42)53-29-35(3)25-27-57-53)58-36(4)54(59-47)37-12-10-14-39(30-37)62-41-20-22-45-43-16-6-8-18-48(43)60(50(45)32-41)52-28-34(2)24-26-56-52/h6-33H,5H2,1-4H3. The SMILES string of the molecule is CCc1nc(-c2cccc(Oc3ccc4c5ccccc5n(-c5cc(C)ccn5)c4c3)c2)c(C)nc1-c1cccc(Oc2ccc3c4ccccc4n(-c4cc(C)ccn4)c3c2)c1. The van der Waals surface area contributed by atoms with E-state index in [1.165, 1.54) is 10.8 Å². The van der Waals surface area contributed by atoms with Crippen LogP contribution in [0.15, 0.2) is 170 Å². The van der Waals surface area contributed by atoms with E-state index in [0.717, 1.165) is 101 Å². The topological polar surface area (TPSA) is 79.9 Å². The maximum atomic E-state index is 6.59. The van der Waals surface area contributed by atoms with Crippen molar-refractivity contribution in [3.8, 4) is 57.1 Å². The van der Waals surface area contributed by atoms with Crippen LogP contribution in [0.25, 0.3) is 77.8 Å². The van der Waals surface area contributed by atoms with Gasteiger partial charge in [-0.3, -0.25) is 9.13 Å². The quantitative estimate of drug-likeness (QED) is 0.144. The number of aryl methyl sites for hydroxylation is 4. The highest BCUT2D eigenvalue weighted by atomic mass is 16.5. The maximum absolute atomic E-state index is 6.59. The van der Waals surface area contributed by atoms with Crippen molar-refractivity contribution in [2.24, 2.45) is 0 Å². The fourth-order valence-electron chi connectivity index (χ4n) is 8.80. The number of hydrogen-bond donors (Lipinski definition) is 0. The van der Waals surface area contributed by atoms with Crippen LogP contribution >= 0.6 is 0 Å². The second-order valence-electron chi connectivity index (χ2n) is 16.0. The Morgan fingerprint density at radius 1 is 0.429 bits per heavy atom. The van der Waals surface area contributed by atoms with Gasteiger partial charge in [-0.1, -0.05) is 67.6 Å². The van der Waals surface area contributed by atoms with Crippen LogP contribution in [-0.2, 0) is 6.42 Å². The summed E-state index contributed by atoms with van der Waals surface area (Å²) in [6.07, 6.45) is 4.42. The predicted molar refractivity (Wildman–Crippen MR) is 254 cm³/mol. The molecule has 0 atom stereocenters. The number of rotatable bonds is 9. The lowest BCUT2D eigenvalue weighted by atomic mass is 10.0. The molecule has 8 heteroatoms. The third kappa shape index (κ3) is 6.82. The highest BCUT2D eigenvalue weighted by molar-refractivity contribution is 6.10. The number of aromatic nitrogens is 6. The molecule has 0 radical (unpaired) electrons. The van der Waals surface area contributed by atoms with E-state index < -0.39 is 0 Å². The minimum atomic E-state index is 0.703. The monoisotopic (exact) mass is 818 g/mol. The Hall–Kier alpha value is -8.10. The highest BCUT2D eigenvalue weighted by Gasteiger charge is 2.18. The Morgan fingerprint density at radius 3 is 1.41 bits per heavy atom. The van der Waals surface area contributed by atoms with E-state index in [4.69, 9.17) is 29.4 Å². The molecule has 8 nitrogen and oxygen atoms in total. The van der Waals surface area contributed by atoms with Gasteiger partial charge in [-0.15, -0.1) is 0 Å². The van der Waals surface area contributed by atoms with E-state index in [2.05, 4.69) is 127 Å². The first kappa shape index (κ1) is 37.9. The van der Waals surface area contributed by atoms with Gasteiger partial charge >= 0.3 is 0 Å². The van der Waals surface area contributed by atoms with Gasteiger partial charge in [0.25, 0.3) is 0 Å². The molecule has 0 bridgehead atoms. The van der Waals surface area contributed by atoms with Crippen LogP contribution in [0.2, 0.25) is 0 Å². The second kappa shape index (κ2) is 15.4. The van der Waals surface area contributed by atoms with E-state index in [-0.39, 0.29) is 0 Å². The Kier molecular flexibility index (Phi) is 9.27. The summed E-state index contributed by atoms with van der Waals surface area (Å²) in [4.78, 5) is 19.9. The van der Waals surface area contributed by atoms with Crippen LogP contribution in [0.5, 0.6) is 23.0 Å². The van der Waals surface area contributed by atoms with Gasteiger partial charge < -0.3 is 9.47 Å². The molecule has 11 aromatic rings. The van der Waals surface area contributed by atoms with Crippen LogP contribution in [-0.4, -0.2) is 29.1 Å². The van der Waals surface area contributed by atoms with Crippen LogP contribution in [0.1, 0.15) is 29.4 Å². The molecular formula is C55H42N6O2. The van der Waals surface area contributed by atoms with E-state index >= 15 is 0 Å². The summed E-state index contributed by atoms with van der Waals surface area (Å²) in [5.41, 5.74) is 11.8. The van der Waals surface area contributed by atoms with Gasteiger partial charge in [0.05, 0.1) is 44.8 Å². The highest BCUT2D eigenvalue weighted by Crippen LogP contribution is 2.38. The van der Waals surface area contributed by atoms with Crippen LogP contribution in [0.4, 0.5) is 0 Å². The summed E-state index contributed by atoms with van der Waals surface area (Å²) in [5.74, 6) is 4.64. The van der Waals surface area contributed by atoms with Gasteiger partial charge in [0.2, 0.25) is 0 Å². The summed E-state index contributed by atoms with van der Waals surface area (Å²) in [6.45, 7) is 8.31. The Bertz CT molecular complexity index is 3570. The zero-order chi connectivity index (χ0) is 42.6. The van der Waals surface area contributed by atoms with E-state index in [1.807, 2.05) is 80.0 Å². The van der Waals surface area contributed by atoms with Crippen molar-refractivity contribution >= 4 is 43.6 Å². The number of fused-ring (bicyclic) bond motifs is 6. The number of ether oxygens (including phenoxy) is 2. The largest absolute Gasteiger partial charge is 0.457 e. The lowest BCUT2D eigenvalue weighted by Crippen LogP contribution is -2.02. The molecule has 6 aromatic carbocycles. The molecule has 63 heavy (non-hydrogen) atoms. The van der Waals surface area contributed by atoms with Crippen molar-refractivity contribution in [2.75, 3.05) is 0 Å². The normalized spacial score (nSPS) is 11.6. The zero-order valence-electron chi connectivity index (χ0n) is 35.4. The molecule has 304 valence electrons. The van der Waals surface area contributed by atoms with E-state index in [9.17, 15) is 0 Å². The Morgan fingerprint density at radius 2 is 0.905 bits per heavy atom. The molecule has 0 spiro atoms. The lowest BCUT2D eigenvalue weighted by molar-refractivity contribution is 0.483. The van der Waals surface area contributed by atoms with Crippen molar-refractivity contribution in [1.82, 2.24) is 29.1 Å². The Labute approximate surface area is 364 Å². The lowest BCUT2D eigenvalue weighted by Gasteiger charge is -2.14. The average Bonchev–Trinajstić information content (AvgIpc) is 3.81. The van der Waals surface area contributed by atoms with Crippen molar-refractivity contribution in [3.63, 3.8) is 0 Å². The molecule has 0 N–H and O–H groups in total. The third-order valence-corrected chi connectivity index (χ3v) is 11.7. The van der Waals surface area contributed by atoms with Crippen molar-refractivity contribution in [2.45, 2.75) is 34.1 Å². The molecule has 0 amide bonds. The number of para-hydroxylation sites is 2. The molecule has 5 heterocycles. The van der Waals surface area contributed by atoms with Crippen LogP contribution in [0.3, 0.4) is 0 Å². The summed E-state index contributed by atoms with van der Waals surface area (Å²) < 4.78 is 17.6. The van der Waals surface area contributed by atoms with Gasteiger partial charge in [-0.05, 0) is 123 Å². The molecule has 11 rings (SSSR count). The van der Waals surface area contributed by atoms with Gasteiger partial charge in [-0.25, -0.2) is 19.9 Å². The van der Waals surface area contributed by atoms with Crippen LogP contribution < -0.4 is 9.47 Å². The van der Waals surface area contributed by atoms with Crippen LogP contribution in [0, 0.1) is 20.8 Å². The molecule has 0 fully saturated rings. The Balaban J connectivity index is 0.894. The molecule has 5 aromatic heterocycles. The molecule has 0 aliphatic carbocycles. The summed E-state index contributed by atoms with van der Waals surface area (Å²) >= 11 is 0. The fraction of sp³-hybridized carbons (Fsp3) is 0.0909. The molecule has 0 saturated heterocycles. The first-order valence-electron chi connectivity index (χ1n) is 21.2. The van der Waals surface area contributed by atoms with E-state index in [1.54, 1.807) is 0 Å². The smallest absolute Gasteiger partial charge is 0.137 e. The molecular weight excluding hydrogens is 777 g/mol. The number of hydrogen-bond acceptors (Lipinski definition) is 6. The van der Waals surface area contributed by atoms with Gasteiger partial charge in [0, 0.05) is 57.2 Å². The van der Waals surface area contributed by atoms with Gasteiger partial charge in [-0.2, -0.15) is 0 Å². The third-order valence-electron chi connectivity index (χ3n) is 11.7. The zero-order valence-corrected chi connectivity index (χ0v) is 35.4. The van der Waals surface area contributed by atoms with Crippen molar-refractivity contribution < 1.29 is 9.47 Å². The number of benzene rings is 6. The van der Waals surface area contributed by atoms with Crippen molar-refractivity contribution in [1.29, 1.82) is 0 Å². The second-order valence-corrected chi connectivity index (χ2v) is 16.0. The van der Waals surface area contributed by atoms with Gasteiger partial charge in [0.1, 0.15) is 34.6 Å². The minimum absolute atomic E-state index is 0.703. The fourth-order valence-corrected chi connectivity index (χ4v) is 8.80. The number of nitrogens with zero attached hydrogens (tertiary/aromatic N) is 6.